The van der Waals surface area contributed by atoms with Gasteiger partial charge < -0.3 is 15.7 Å². The van der Waals surface area contributed by atoms with Crippen molar-refractivity contribution in [3.8, 4) is 0 Å². The van der Waals surface area contributed by atoms with Gasteiger partial charge >= 0.3 is 12.0 Å². The average Bonchev–Trinajstić information content (AvgIpc) is 2.44. The van der Waals surface area contributed by atoms with Crippen LogP contribution in [0.4, 0.5) is 4.79 Å². The number of nitrogens with zero attached hydrogens (tertiary/aromatic N) is 1. The zero-order valence-electron chi connectivity index (χ0n) is 12.5. The van der Waals surface area contributed by atoms with E-state index in [0.29, 0.717) is 19.4 Å². The van der Waals surface area contributed by atoms with Crippen molar-refractivity contribution < 1.29 is 14.7 Å². The molecular weight excluding hydrogens is 270 g/mol. The van der Waals surface area contributed by atoms with Gasteiger partial charge in [-0.3, -0.25) is 9.78 Å². The summed E-state index contributed by atoms with van der Waals surface area (Å²) in [6.07, 6.45) is 4.68. The number of carboxylic acid groups (broad SMARTS) is 1. The lowest BCUT2D eigenvalue weighted by Crippen LogP contribution is -2.40. The molecule has 1 rings (SSSR count). The topological polar surface area (TPSA) is 91.3 Å². The van der Waals surface area contributed by atoms with Crippen LogP contribution >= 0.6 is 0 Å². The van der Waals surface area contributed by atoms with Crippen LogP contribution in [0.3, 0.4) is 0 Å². The van der Waals surface area contributed by atoms with E-state index < -0.39 is 11.9 Å². The Morgan fingerprint density at radius 3 is 2.48 bits per heavy atom. The van der Waals surface area contributed by atoms with E-state index in [4.69, 9.17) is 5.11 Å². The maximum atomic E-state index is 11.6. The van der Waals surface area contributed by atoms with Crippen LogP contribution in [0.25, 0.3) is 0 Å². The highest BCUT2D eigenvalue weighted by atomic mass is 16.4. The number of urea groups is 1. The Morgan fingerprint density at radius 1 is 1.24 bits per heavy atom. The molecule has 1 aromatic rings. The van der Waals surface area contributed by atoms with E-state index in [1.807, 2.05) is 26.0 Å². The Labute approximate surface area is 125 Å². The van der Waals surface area contributed by atoms with E-state index >= 15 is 0 Å². The Kier molecular flexibility index (Phi) is 7.21. The molecule has 1 aromatic heterocycles. The second-order valence-electron chi connectivity index (χ2n) is 5.41. The van der Waals surface area contributed by atoms with Crippen molar-refractivity contribution in [2.75, 3.05) is 13.1 Å². The molecule has 0 aliphatic carbocycles. The van der Waals surface area contributed by atoms with Gasteiger partial charge in [0.25, 0.3) is 0 Å². The quantitative estimate of drug-likeness (QED) is 0.680. The number of carbonyl (C=O) groups is 2. The summed E-state index contributed by atoms with van der Waals surface area (Å²) in [6.45, 7) is 4.57. The van der Waals surface area contributed by atoms with Gasteiger partial charge in [0.2, 0.25) is 0 Å². The summed E-state index contributed by atoms with van der Waals surface area (Å²) in [7, 11) is 0. The Balaban J connectivity index is 2.25. The highest BCUT2D eigenvalue weighted by Crippen LogP contribution is 2.10. The van der Waals surface area contributed by atoms with Crippen LogP contribution in [0.5, 0.6) is 0 Å². The summed E-state index contributed by atoms with van der Waals surface area (Å²) < 4.78 is 0. The van der Waals surface area contributed by atoms with Gasteiger partial charge in [-0.25, -0.2) is 4.79 Å². The van der Waals surface area contributed by atoms with Gasteiger partial charge in [0.1, 0.15) is 0 Å². The minimum atomic E-state index is -0.874. The molecule has 6 nitrogen and oxygen atoms in total. The molecule has 1 atom stereocenters. The Morgan fingerprint density at radius 2 is 1.90 bits per heavy atom. The van der Waals surface area contributed by atoms with Crippen LogP contribution in [-0.2, 0) is 11.2 Å². The number of pyridine rings is 1. The molecule has 0 aliphatic rings. The molecule has 0 spiro atoms. The second kappa shape index (κ2) is 8.94. The van der Waals surface area contributed by atoms with Gasteiger partial charge in [-0.1, -0.05) is 13.8 Å². The average molecular weight is 293 g/mol. The van der Waals surface area contributed by atoms with Gasteiger partial charge in [0.05, 0.1) is 5.92 Å². The molecule has 1 unspecified atom stereocenters. The zero-order chi connectivity index (χ0) is 15.7. The van der Waals surface area contributed by atoms with Gasteiger partial charge in [-0.05, 0) is 36.5 Å². The van der Waals surface area contributed by atoms with Gasteiger partial charge in [0, 0.05) is 25.5 Å². The molecule has 0 aliphatic heterocycles. The fourth-order valence-corrected chi connectivity index (χ4v) is 1.99. The molecule has 0 bridgehead atoms. The number of aromatic nitrogens is 1. The first kappa shape index (κ1) is 16.9. The molecule has 0 saturated carbocycles. The lowest BCUT2D eigenvalue weighted by Gasteiger charge is -2.15. The summed E-state index contributed by atoms with van der Waals surface area (Å²) in [5.74, 6) is -1.14. The lowest BCUT2D eigenvalue weighted by atomic mass is 9.97. The summed E-state index contributed by atoms with van der Waals surface area (Å²) in [5, 5.41) is 14.4. The molecule has 116 valence electrons. The van der Waals surface area contributed by atoms with Crippen molar-refractivity contribution in [3.63, 3.8) is 0 Å². The number of hydrogen-bond donors (Lipinski definition) is 3. The van der Waals surface area contributed by atoms with Crippen molar-refractivity contribution in [2.45, 2.75) is 26.7 Å². The Hall–Kier alpha value is -2.11. The molecule has 2 amide bonds. The molecule has 3 N–H and O–H groups in total. The van der Waals surface area contributed by atoms with E-state index in [0.717, 1.165) is 5.56 Å². The molecule has 0 aromatic carbocycles. The highest BCUT2D eigenvalue weighted by Gasteiger charge is 2.19. The minimum Gasteiger partial charge on any atom is -0.481 e. The highest BCUT2D eigenvalue weighted by molar-refractivity contribution is 5.75. The predicted molar refractivity (Wildman–Crippen MR) is 79.9 cm³/mol. The van der Waals surface area contributed by atoms with Crippen molar-refractivity contribution in [1.29, 1.82) is 0 Å². The fraction of sp³-hybridized carbons (Fsp3) is 0.533. The number of carbonyl (C=O) groups excluding carboxylic acids is 1. The smallest absolute Gasteiger partial charge is 0.314 e. The third-order valence-corrected chi connectivity index (χ3v) is 3.06. The largest absolute Gasteiger partial charge is 0.481 e. The van der Waals surface area contributed by atoms with E-state index in [9.17, 15) is 9.59 Å². The van der Waals surface area contributed by atoms with Crippen LogP contribution in [0.1, 0.15) is 25.8 Å². The van der Waals surface area contributed by atoms with E-state index in [1.165, 1.54) is 0 Å². The maximum absolute atomic E-state index is 11.6. The van der Waals surface area contributed by atoms with E-state index in [1.54, 1.807) is 12.4 Å². The summed E-state index contributed by atoms with van der Waals surface area (Å²) in [5.41, 5.74) is 1.09. The first-order valence-electron chi connectivity index (χ1n) is 7.12. The third kappa shape index (κ3) is 7.29. The van der Waals surface area contributed by atoms with E-state index in [2.05, 4.69) is 15.6 Å². The van der Waals surface area contributed by atoms with Gasteiger partial charge in [-0.15, -0.1) is 0 Å². The fourth-order valence-electron chi connectivity index (χ4n) is 1.99. The van der Waals surface area contributed by atoms with Crippen LogP contribution < -0.4 is 10.6 Å². The summed E-state index contributed by atoms with van der Waals surface area (Å²) in [4.78, 5) is 26.6. The maximum Gasteiger partial charge on any atom is 0.314 e. The monoisotopic (exact) mass is 293 g/mol. The lowest BCUT2D eigenvalue weighted by molar-refractivity contribution is -0.142. The van der Waals surface area contributed by atoms with Crippen LogP contribution in [0.2, 0.25) is 0 Å². The second-order valence-corrected chi connectivity index (χ2v) is 5.41. The van der Waals surface area contributed by atoms with Crippen molar-refractivity contribution in [2.24, 2.45) is 11.8 Å². The first-order valence-corrected chi connectivity index (χ1v) is 7.12. The number of aliphatic carboxylic acids is 1. The molecule has 1 heterocycles. The predicted octanol–water partition coefficient (Wildman–Crippen LogP) is 1.67. The standard InChI is InChI=1S/C15H23N3O3/c1-11(2)9-13(14(19)20)10-18-15(21)17-8-5-12-3-6-16-7-4-12/h3-4,6-7,11,13H,5,8-10H2,1-2H3,(H,19,20)(H2,17,18,21). The number of hydrogen-bond acceptors (Lipinski definition) is 3. The molecule has 0 saturated heterocycles. The van der Waals surface area contributed by atoms with Crippen molar-refractivity contribution >= 4 is 12.0 Å². The molecular formula is C15H23N3O3. The minimum absolute atomic E-state index is 0.147. The van der Waals surface area contributed by atoms with Crippen molar-refractivity contribution in [3.05, 3.63) is 30.1 Å². The van der Waals surface area contributed by atoms with Crippen LogP contribution in [0.15, 0.2) is 24.5 Å². The number of nitrogens with one attached hydrogen (secondary N) is 2. The van der Waals surface area contributed by atoms with E-state index in [-0.39, 0.29) is 18.5 Å². The zero-order valence-corrected chi connectivity index (χ0v) is 12.5. The Bertz CT molecular complexity index is 449. The number of amides is 2. The molecule has 0 fully saturated rings. The summed E-state index contributed by atoms with van der Waals surface area (Å²) in [6, 6.07) is 3.45. The van der Waals surface area contributed by atoms with Crippen molar-refractivity contribution in [1.82, 2.24) is 15.6 Å². The van der Waals surface area contributed by atoms with Gasteiger partial charge in [-0.2, -0.15) is 0 Å². The SMILES string of the molecule is CC(C)CC(CNC(=O)NCCc1ccncc1)C(=O)O. The van der Waals surface area contributed by atoms with Crippen LogP contribution in [0, 0.1) is 11.8 Å². The number of carboxylic acids is 1. The molecule has 6 heteroatoms. The normalized spacial score (nSPS) is 12.0. The summed E-state index contributed by atoms with van der Waals surface area (Å²) >= 11 is 0. The molecule has 0 radical (unpaired) electrons. The molecule has 21 heavy (non-hydrogen) atoms. The first-order chi connectivity index (χ1) is 9.99. The number of rotatable bonds is 8. The van der Waals surface area contributed by atoms with Crippen LogP contribution in [-0.4, -0.2) is 35.2 Å². The van der Waals surface area contributed by atoms with Gasteiger partial charge in [0.15, 0.2) is 0 Å². The third-order valence-electron chi connectivity index (χ3n) is 3.06.